The van der Waals surface area contributed by atoms with Crippen LogP contribution in [0.5, 0.6) is 0 Å². The number of nitrogens with zero attached hydrogens (tertiary/aromatic N) is 1. The minimum absolute atomic E-state index is 0.117. The van der Waals surface area contributed by atoms with Gasteiger partial charge in [0.25, 0.3) is 5.91 Å². The van der Waals surface area contributed by atoms with Gasteiger partial charge < -0.3 is 10.5 Å². The van der Waals surface area contributed by atoms with Crippen molar-refractivity contribution in [2.24, 2.45) is 0 Å². The Labute approximate surface area is 218 Å². The van der Waals surface area contributed by atoms with Crippen LogP contribution in [-0.2, 0) is 26.1 Å². The molecule has 0 radical (unpaired) electrons. The van der Waals surface area contributed by atoms with Crippen LogP contribution in [0, 0.1) is 3.57 Å². The van der Waals surface area contributed by atoms with Crippen molar-refractivity contribution in [1.82, 2.24) is 10.4 Å². The quantitative estimate of drug-likeness (QED) is 0.136. The first-order valence-corrected chi connectivity index (χ1v) is 13.1. The largest absolute Gasteiger partial charge is 0.348 e. The second kappa shape index (κ2) is 13.2. The third-order valence-corrected chi connectivity index (χ3v) is 7.31. The van der Waals surface area contributed by atoms with E-state index in [0.29, 0.717) is 25.2 Å². The zero-order valence-electron chi connectivity index (χ0n) is 18.9. The molecular formula is C27H30BrIN2O2. The molecule has 3 aromatic carbocycles. The molecule has 3 aromatic rings. The highest BCUT2D eigenvalue weighted by Gasteiger charge is 2.12. The van der Waals surface area contributed by atoms with E-state index in [9.17, 15) is 10.0 Å². The Morgan fingerprint density at radius 1 is 0.970 bits per heavy atom. The standard InChI is InChI=1S/C27H30BrIN2O2/c1-2-3-4-7-20-10-12-21(13-11-20)17-30-27(32)22-14-15-23(25(28)16-22)18-31(33)19-24-8-5-6-9-26(24)29/h5-6,8-16,33H,2-4,7,17-19H2,1H3,(H,30,32). The topological polar surface area (TPSA) is 52.6 Å². The number of hydroxylamine groups is 2. The van der Waals surface area contributed by atoms with E-state index in [4.69, 9.17) is 0 Å². The zero-order valence-corrected chi connectivity index (χ0v) is 22.6. The Hall–Kier alpha value is -1.74. The second-order valence-electron chi connectivity index (χ2n) is 8.18. The van der Waals surface area contributed by atoms with Gasteiger partial charge in [-0.25, -0.2) is 0 Å². The monoisotopic (exact) mass is 620 g/mol. The maximum absolute atomic E-state index is 12.6. The first-order valence-electron chi connectivity index (χ1n) is 11.3. The summed E-state index contributed by atoms with van der Waals surface area (Å²) in [6.07, 6.45) is 4.81. The van der Waals surface area contributed by atoms with Gasteiger partial charge in [-0.3, -0.25) is 4.79 Å². The number of amides is 1. The Morgan fingerprint density at radius 3 is 2.36 bits per heavy atom. The molecule has 0 unspecified atom stereocenters. The highest BCUT2D eigenvalue weighted by atomic mass is 127. The van der Waals surface area contributed by atoms with Gasteiger partial charge in [0.1, 0.15) is 0 Å². The number of rotatable bonds is 11. The van der Waals surface area contributed by atoms with E-state index < -0.39 is 0 Å². The average molecular weight is 621 g/mol. The first kappa shape index (κ1) is 25.9. The number of hydrogen-bond acceptors (Lipinski definition) is 3. The molecule has 0 fully saturated rings. The molecule has 0 spiro atoms. The van der Waals surface area contributed by atoms with Crippen LogP contribution >= 0.6 is 38.5 Å². The number of aryl methyl sites for hydroxylation is 1. The van der Waals surface area contributed by atoms with E-state index in [1.807, 2.05) is 36.4 Å². The zero-order chi connectivity index (χ0) is 23.6. The number of nitrogens with one attached hydrogen (secondary N) is 1. The summed E-state index contributed by atoms with van der Waals surface area (Å²) < 4.78 is 1.92. The fourth-order valence-electron chi connectivity index (χ4n) is 3.58. The van der Waals surface area contributed by atoms with Crippen LogP contribution in [-0.4, -0.2) is 16.2 Å². The predicted octanol–water partition coefficient (Wildman–Crippen LogP) is 7.11. The normalized spacial score (nSPS) is 11.1. The maximum Gasteiger partial charge on any atom is 0.251 e. The van der Waals surface area contributed by atoms with E-state index in [1.165, 1.54) is 29.9 Å². The number of carbonyl (C=O) groups excluding carboxylic acids is 1. The molecular weight excluding hydrogens is 591 g/mol. The molecule has 0 atom stereocenters. The molecule has 0 aromatic heterocycles. The minimum atomic E-state index is -0.117. The van der Waals surface area contributed by atoms with Crippen LogP contribution in [0.4, 0.5) is 0 Å². The molecule has 3 rings (SSSR count). The third-order valence-electron chi connectivity index (χ3n) is 5.52. The summed E-state index contributed by atoms with van der Waals surface area (Å²) in [4.78, 5) is 12.6. The van der Waals surface area contributed by atoms with Gasteiger partial charge in [0, 0.05) is 20.2 Å². The van der Waals surface area contributed by atoms with E-state index in [2.05, 4.69) is 75.0 Å². The number of hydrogen-bond donors (Lipinski definition) is 2. The van der Waals surface area contributed by atoms with Gasteiger partial charge in [-0.05, 0) is 75.9 Å². The fraction of sp³-hybridized carbons (Fsp3) is 0.296. The lowest BCUT2D eigenvalue weighted by molar-refractivity contribution is -0.108. The van der Waals surface area contributed by atoms with Crippen LogP contribution < -0.4 is 5.32 Å². The Balaban J connectivity index is 1.52. The van der Waals surface area contributed by atoms with Gasteiger partial charge in [-0.2, -0.15) is 5.06 Å². The van der Waals surface area contributed by atoms with Gasteiger partial charge in [-0.15, -0.1) is 0 Å². The number of benzene rings is 3. The van der Waals surface area contributed by atoms with Crippen molar-refractivity contribution in [3.63, 3.8) is 0 Å². The average Bonchev–Trinajstić information content (AvgIpc) is 2.81. The molecule has 0 bridgehead atoms. The highest BCUT2D eigenvalue weighted by Crippen LogP contribution is 2.22. The molecule has 6 heteroatoms. The summed E-state index contributed by atoms with van der Waals surface area (Å²) >= 11 is 5.83. The fourth-order valence-corrected chi connectivity index (χ4v) is 4.64. The Morgan fingerprint density at radius 2 is 1.67 bits per heavy atom. The molecule has 0 saturated heterocycles. The van der Waals surface area contributed by atoms with Crippen LogP contribution in [0.3, 0.4) is 0 Å². The number of unbranched alkanes of at least 4 members (excludes halogenated alkanes) is 2. The lowest BCUT2D eigenvalue weighted by Crippen LogP contribution is -2.23. The first-order chi connectivity index (χ1) is 16.0. The SMILES string of the molecule is CCCCCc1ccc(CNC(=O)c2ccc(CN(O)Cc3ccccc3I)c(Br)c2)cc1. The van der Waals surface area contributed by atoms with Crippen molar-refractivity contribution in [2.45, 2.75) is 52.2 Å². The summed E-state index contributed by atoms with van der Waals surface area (Å²) in [5.74, 6) is -0.117. The second-order valence-corrected chi connectivity index (χ2v) is 10.2. The molecule has 4 nitrogen and oxygen atoms in total. The molecule has 0 heterocycles. The minimum Gasteiger partial charge on any atom is -0.348 e. The van der Waals surface area contributed by atoms with Crippen molar-refractivity contribution in [2.75, 3.05) is 0 Å². The van der Waals surface area contributed by atoms with Gasteiger partial charge in [0.15, 0.2) is 0 Å². The number of carbonyl (C=O) groups is 1. The molecule has 0 aliphatic heterocycles. The molecule has 33 heavy (non-hydrogen) atoms. The van der Waals surface area contributed by atoms with Crippen molar-refractivity contribution in [1.29, 1.82) is 0 Å². The molecule has 1 amide bonds. The van der Waals surface area contributed by atoms with E-state index >= 15 is 0 Å². The van der Waals surface area contributed by atoms with Crippen LogP contribution in [0.2, 0.25) is 0 Å². The van der Waals surface area contributed by atoms with E-state index in [0.717, 1.165) is 31.2 Å². The van der Waals surface area contributed by atoms with E-state index in [1.54, 1.807) is 6.07 Å². The summed E-state index contributed by atoms with van der Waals surface area (Å²) in [6.45, 7) is 3.50. The summed E-state index contributed by atoms with van der Waals surface area (Å²) in [6, 6.07) is 21.9. The molecule has 174 valence electrons. The van der Waals surface area contributed by atoms with Crippen LogP contribution in [0.1, 0.15) is 58.8 Å². The predicted molar refractivity (Wildman–Crippen MR) is 145 cm³/mol. The van der Waals surface area contributed by atoms with Gasteiger partial charge >= 0.3 is 0 Å². The van der Waals surface area contributed by atoms with E-state index in [-0.39, 0.29) is 5.91 Å². The molecule has 0 saturated carbocycles. The summed E-state index contributed by atoms with van der Waals surface area (Å²) in [5.41, 5.74) is 5.01. The van der Waals surface area contributed by atoms with Gasteiger partial charge in [0.05, 0.1) is 13.1 Å². The van der Waals surface area contributed by atoms with Crippen LogP contribution in [0.25, 0.3) is 0 Å². The summed E-state index contributed by atoms with van der Waals surface area (Å²) in [5, 5.41) is 14.7. The van der Waals surface area contributed by atoms with Crippen LogP contribution in [0.15, 0.2) is 71.2 Å². The molecule has 0 aliphatic rings. The Bertz CT molecular complexity index is 1060. The third kappa shape index (κ3) is 8.21. The van der Waals surface area contributed by atoms with Gasteiger partial charge in [-0.1, -0.05) is 84.2 Å². The lowest BCUT2D eigenvalue weighted by atomic mass is 10.1. The lowest BCUT2D eigenvalue weighted by Gasteiger charge is -2.17. The smallest absolute Gasteiger partial charge is 0.251 e. The summed E-state index contributed by atoms with van der Waals surface area (Å²) in [7, 11) is 0. The number of halogens is 2. The maximum atomic E-state index is 12.6. The molecule has 0 aliphatic carbocycles. The van der Waals surface area contributed by atoms with Crippen molar-refractivity contribution in [3.8, 4) is 0 Å². The van der Waals surface area contributed by atoms with Crippen molar-refractivity contribution in [3.05, 3.63) is 103 Å². The van der Waals surface area contributed by atoms with Crippen molar-refractivity contribution >= 4 is 44.4 Å². The van der Waals surface area contributed by atoms with Gasteiger partial charge in [0.2, 0.25) is 0 Å². The van der Waals surface area contributed by atoms with Crippen molar-refractivity contribution < 1.29 is 10.0 Å². The highest BCUT2D eigenvalue weighted by molar-refractivity contribution is 14.1. The Kier molecular flexibility index (Phi) is 10.4. The molecule has 2 N–H and O–H groups in total.